The van der Waals surface area contributed by atoms with Crippen molar-refractivity contribution in [3.63, 3.8) is 0 Å². The van der Waals surface area contributed by atoms with E-state index in [0.29, 0.717) is 29.4 Å². The summed E-state index contributed by atoms with van der Waals surface area (Å²) in [5.41, 5.74) is 1.59. The quantitative estimate of drug-likeness (QED) is 0.512. The number of carbonyl (C=O) groups is 2. The minimum Gasteiger partial charge on any atom is -0.493 e. The molecule has 29 heavy (non-hydrogen) atoms. The first kappa shape index (κ1) is 21.9. The molecular weight excluding hydrogens is 372 g/mol. The van der Waals surface area contributed by atoms with Crippen molar-refractivity contribution in [2.24, 2.45) is 0 Å². The van der Waals surface area contributed by atoms with Crippen LogP contribution in [0.2, 0.25) is 0 Å². The van der Waals surface area contributed by atoms with Gasteiger partial charge in [0.2, 0.25) is 0 Å². The van der Waals surface area contributed by atoms with Gasteiger partial charge >= 0.3 is 11.9 Å². The molecular formula is C22H26N2O5. The van der Waals surface area contributed by atoms with Crippen LogP contribution in [0.5, 0.6) is 5.75 Å². The van der Waals surface area contributed by atoms with Gasteiger partial charge in [0.05, 0.1) is 12.3 Å². The molecule has 0 aliphatic rings. The lowest BCUT2D eigenvalue weighted by molar-refractivity contribution is -0.152. The number of nitrogens with zero attached hydrogens (tertiary/aromatic N) is 1. The SMILES string of the molecule is CCOc1cc(C=CC(=O)O)ccc1-c1cccc(NCC(=O)OC(C)(C)C)n1. The first-order valence-electron chi connectivity index (χ1n) is 9.29. The third-order valence-corrected chi connectivity index (χ3v) is 3.58. The number of ether oxygens (including phenoxy) is 2. The minimum absolute atomic E-state index is 0.00492. The number of benzene rings is 1. The number of rotatable bonds is 8. The van der Waals surface area contributed by atoms with Crippen LogP contribution in [-0.4, -0.2) is 40.8 Å². The Kier molecular flexibility index (Phi) is 7.36. The topological polar surface area (TPSA) is 97.8 Å². The van der Waals surface area contributed by atoms with Gasteiger partial charge in [-0.05, 0) is 63.6 Å². The largest absolute Gasteiger partial charge is 0.493 e. The highest BCUT2D eigenvalue weighted by Crippen LogP contribution is 2.31. The standard InChI is InChI=1S/C22H26N2O5/c1-5-28-18-13-15(10-12-20(25)26)9-11-16(18)17-7-6-8-19(24-17)23-14-21(27)29-22(2,3)4/h6-13H,5,14H2,1-4H3,(H,23,24)(H,25,26). The molecule has 0 fully saturated rings. The number of esters is 1. The summed E-state index contributed by atoms with van der Waals surface area (Å²) in [5, 5.41) is 11.8. The van der Waals surface area contributed by atoms with Crippen LogP contribution >= 0.6 is 0 Å². The number of pyridine rings is 1. The molecule has 0 aliphatic heterocycles. The van der Waals surface area contributed by atoms with E-state index in [9.17, 15) is 9.59 Å². The van der Waals surface area contributed by atoms with Gasteiger partial charge in [-0.3, -0.25) is 4.79 Å². The van der Waals surface area contributed by atoms with Crippen LogP contribution in [0.25, 0.3) is 17.3 Å². The van der Waals surface area contributed by atoms with Crippen molar-refractivity contribution in [2.45, 2.75) is 33.3 Å². The van der Waals surface area contributed by atoms with Gasteiger partial charge in [-0.2, -0.15) is 0 Å². The van der Waals surface area contributed by atoms with Crippen molar-refractivity contribution in [3.05, 3.63) is 48.0 Å². The van der Waals surface area contributed by atoms with Crippen molar-refractivity contribution in [2.75, 3.05) is 18.5 Å². The zero-order chi connectivity index (χ0) is 21.4. The number of nitrogens with one attached hydrogen (secondary N) is 1. The molecule has 0 unspecified atom stereocenters. The maximum absolute atomic E-state index is 11.9. The van der Waals surface area contributed by atoms with E-state index < -0.39 is 11.6 Å². The molecule has 1 aromatic carbocycles. The van der Waals surface area contributed by atoms with E-state index in [1.165, 1.54) is 6.08 Å². The second kappa shape index (κ2) is 9.73. The summed E-state index contributed by atoms with van der Waals surface area (Å²) in [7, 11) is 0. The van der Waals surface area contributed by atoms with Gasteiger partial charge in [0.15, 0.2) is 0 Å². The number of hydrogen-bond donors (Lipinski definition) is 2. The summed E-state index contributed by atoms with van der Waals surface area (Å²) in [6.07, 6.45) is 2.57. The van der Waals surface area contributed by atoms with E-state index in [4.69, 9.17) is 14.6 Å². The lowest BCUT2D eigenvalue weighted by Gasteiger charge is -2.19. The Morgan fingerprint density at radius 1 is 1.21 bits per heavy atom. The molecule has 7 heteroatoms. The normalized spacial score (nSPS) is 11.3. The van der Waals surface area contributed by atoms with E-state index in [-0.39, 0.29) is 12.5 Å². The summed E-state index contributed by atoms with van der Waals surface area (Å²) in [4.78, 5) is 27.2. The Balaban J connectivity index is 2.22. The van der Waals surface area contributed by atoms with Crippen molar-refractivity contribution in [1.29, 1.82) is 0 Å². The Morgan fingerprint density at radius 3 is 2.62 bits per heavy atom. The molecule has 0 bridgehead atoms. The van der Waals surface area contributed by atoms with Gasteiger partial charge in [-0.25, -0.2) is 9.78 Å². The van der Waals surface area contributed by atoms with Crippen LogP contribution < -0.4 is 10.1 Å². The Hall–Kier alpha value is -3.35. The highest BCUT2D eigenvalue weighted by molar-refractivity contribution is 5.85. The van der Waals surface area contributed by atoms with Gasteiger partial charge < -0.3 is 19.9 Å². The molecule has 0 spiro atoms. The van der Waals surface area contributed by atoms with Gasteiger partial charge in [0, 0.05) is 11.6 Å². The molecule has 7 nitrogen and oxygen atoms in total. The summed E-state index contributed by atoms with van der Waals surface area (Å²) >= 11 is 0. The Labute approximate surface area is 170 Å². The molecule has 0 amide bonds. The first-order chi connectivity index (χ1) is 13.7. The van der Waals surface area contributed by atoms with Gasteiger partial charge in [-0.1, -0.05) is 12.1 Å². The highest BCUT2D eigenvalue weighted by Gasteiger charge is 2.16. The predicted octanol–water partition coefficient (Wildman–Crippen LogP) is 4.00. The first-order valence-corrected chi connectivity index (χ1v) is 9.29. The molecule has 1 heterocycles. The molecule has 0 saturated carbocycles. The predicted molar refractivity (Wildman–Crippen MR) is 112 cm³/mol. The number of carbonyl (C=O) groups excluding carboxylic acids is 1. The fourth-order valence-electron chi connectivity index (χ4n) is 2.52. The maximum atomic E-state index is 11.9. The lowest BCUT2D eigenvalue weighted by atomic mass is 10.1. The van der Waals surface area contributed by atoms with E-state index in [0.717, 1.165) is 11.6 Å². The van der Waals surface area contributed by atoms with Crippen LogP contribution in [0.15, 0.2) is 42.5 Å². The van der Waals surface area contributed by atoms with Crippen molar-refractivity contribution in [3.8, 4) is 17.0 Å². The summed E-state index contributed by atoms with van der Waals surface area (Å²) in [6, 6.07) is 10.8. The highest BCUT2D eigenvalue weighted by atomic mass is 16.6. The Morgan fingerprint density at radius 2 is 1.97 bits per heavy atom. The third-order valence-electron chi connectivity index (χ3n) is 3.58. The monoisotopic (exact) mass is 398 g/mol. The maximum Gasteiger partial charge on any atom is 0.328 e. The molecule has 1 aromatic heterocycles. The number of aliphatic carboxylic acids is 1. The fraction of sp³-hybridized carbons (Fsp3) is 0.318. The van der Waals surface area contributed by atoms with Gasteiger partial charge in [0.1, 0.15) is 23.7 Å². The number of aromatic nitrogens is 1. The van der Waals surface area contributed by atoms with Crippen LogP contribution in [0.3, 0.4) is 0 Å². The number of anilines is 1. The molecule has 2 rings (SSSR count). The summed E-state index contributed by atoms with van der Waals surface area (Å²) in [6.45, 7) is 7.77. The molecule has 154 valence electrons. The number of carboxylic acid groups (broad SMARTS) is 1. The summed E-state index contributed by atoms with van der Waals surface area (Å²) in [5.74, 6) is -0.255. The zero-order valence-corrected chi connectivity index (χ0v) is 17.1. The third kappa shape index (κ3) is 7.29. The van der Waals surface area contributed by atoms with E-state index >= 15 is 0 Å². The van der Waals surface area contributed by atoms with Crippen LogP contribution in [-0.2, 0) is 14.3 Å². The van der Waals surface area contributed by atoms with Crippen molar-refractivity contribution < 1.29 is 24.2 Å². The molecule has 0 saturated heterocycles. The molecule has 0 atom stereocenters. The molecule has 0 radical (unpaired) electrons. The van der Waals surface area contributed by atoms with E-state index in [2.05, 4.69) is 10.3 Å². The van der Waals surface area contributed by atoms with E-state index in [1.54, 1.807) is 18.2 Å². The average molecular weight is 398 g/mol. The lowest BCUT2D eigenvalue weighted by Crippen LogP contribution is -2.28. The zero-order valence-electron chi connectivity index (χ0n) is 17.1. The van der Waals surface area contributed by atoms with E-state index in [1.807, 2.05) is 45.9 Å². The van der Waals surface area contributed by atoms with Gasteiger partial charge in [0.25, 0.3) is 0 Å². The molecule has 2 N–H and O–H groups in total. The second-order valence-corrected chi connectivity index (χ2v) is 7.21. The Bertz CT molecular complexity index is 900. The van der Waals surface area contributed by atoms with Gasteiger partial charge in [-0.15, -0.1) is 0 Å². The minimum atomic E-state index is -1.02. The number of hydrogen-bond acceptors (Lipinski definition) is 6. The smallest absolute Gasteiger partial charge is 0.328 e. The van der Waals surface area contributed by atoms with Crippen LogP contribution in [0.4, 0.5) is 5.82 Å². The molecule has 0 aliphatic carbocycles. The van der Waals surface area contributed by atoms with Crippen molar-refractivity contribution >= 4 is 23.8 Å². The average Bonchev–Trinajstić information content (AvgIpc) is 2.64. The fourth-order valence-corrected chi connectivity index (χ4v) is 2.52. The number of carboxylic acids is 1. The van der Waals surface area contributed by atoms with Crippen LogP contribution in [0, 0.1) is 0 Å². The summed E-state index contributed by atoms with van der Waals surface area (Å²) < 4.78 is 11.0. The van der Waals surface area contributed by atoms with Crippen LogP contribution in [0.1, 0.15) is 33.3 Å². The van der Waals surface area contributed by atoms with Crippen molar-refractivity contribution in [1.82, 2.24) is 4.98 Å². The second-order valence-electron chi connectivity index (χ2n) is 7.21. The molecule has 2 aromatic rings.